The van der Waals surface area contributed by atoms with Crippen LogP contribution >= 0.6 is 27.5 Å². The fourth-order valence-electron chi connectivity index (χ4n) is 1.01. The van der Waals surface area contributed by atoms with E-state index in [0.717, 1.165) is 0 Å². The van der Waals surface area contributed by atoms with Gasteiger partial charge in [-0.15, -0.1) is 0 Å². The molecule has 1 N–H and O–H groups in total. The number of carbonyl (C=O) groups excluding carboxylic acids is 1. The summed E-state index contributed by atoms with van der Waals surface area (Å²) >= 11 is 8.92. The summed E-state index contributed by atoms with van der Waals surface area (Å²) in [5.41, 5.74) is 0.718. The summed E-state index contributed by atoms with van der Waals surface area (Å²) in [5, 5.41) is 6.44. The minimum atomic E-state index is -0.371. The van der Waals surface area contributed by atoms with Crippen molar-refractivity contribution in [1.29, 1.82) is 0 Å². The van der Waals surface area contributed by atoms with E-state index in [1.807, 2.05) is 0 Å². The maximum Gasteiger partial charge on any atom is 0.277 e. The average Bonchev–Trinajstić information content (AvgIpc) is 2.77. The van der Waals surface area contributed by atoms with Crippen LogP contribution in [-0.2, 0) is 0 Å². The van der Waals surface area contributed by atoms with Crippen LogP contribution in [0.1, 0.15) is 10.5 Å². The molecular weight excluding hydrogens is 297 g/mol. The molecule has 0 unspecified atom stereocenters. The quantitative estimate of drug-likeness (QED) is 0.866. The SMILES string of the molecule is O=C(Nc1cnc(Cl)c(Br)c1)c1ccon1. The van der Waals surface area contributed by atoms with Gasteiger partial charge in [0.05, 0.1) is 16.4 Å². The molecule has 5 nitrogen and oxygen atoms in total. The lowest BCUT2D eigenvalue weighted by Gasteiger charge is -2.03. The van der Waals surface area contributed by atoms with Crippen LogP contribution < -0.4 is 5.32 Å². The zero-order valence-electron chi connectivity index (χ0n) is 7.78. The molecule has 0 spiro atoms. The summed E-state index contributed by atoms with van der Waals surface area (Å²) in [6.45, 7) is 0. The second-order valence-electron chi connectivity index (χ2n) is 2.84. The molecule has 7 heteroatoms. The smallest absolute Gasteiger partial charge is 0.277 e. The number of carbonyl (C=O) groups is 1. The first-order valence-corrected chi connectivity index (χ1v) is 5.36. The lowest BCUT2D eigenvalue weighted by atomic mass is 10.3. The van der Waals surface area contributed by atoms with Crippen molar-refractivity contribution >= 4 is 39.1 Å². The number of nitrogens with one attached hydrogen (secondary N) is 1. The molecule has 0 aliphatic heterocycles. The molecule has 2 heterocycles. The van der Waals surface area contributed by atoms with Gasteiger partial charge in [0.2, 0.25) is 0 Å². The lowest BCUT2D eigenvalue weighted by Crippen LogP contribution is -2.12. The van der Waals surface area contributed by atoms with Gasteiger partial charge < -0.3 is 9.84 Å². The largest absolute Gasteiger partial charge is 0.364 e. The molecule has 82 valence electrons. The van der Waals surface area contributed by atoms with E-state index in [1.165, 1.54) is 18.5 Å². The molecular formula is C9H5BrClN3O2. The van der Waals surface area contributed by atoms with Crippen LogP contribution in [0.25, 0.3) is 0 Å². The van der Waals surface area contributed by atoms with Crippen LogP contribution in [0.3, 0.4) is 0 Å². The van der Waals surface area contributed by atoms with Gasteiger partial charge in [0, 0.05) is 6.07 Å². The second-order valence-corrected chi connectivity index (χ2v) is 4.05. The van der Waals surface area contributed by atoms with E-state index in [9.17, 15) is 4.79 Å². The normalized spacial score (nSPS) is 10.1. The minimum absolute atomic E-state index is 0.200. The minimum Gasteiger partial charge on any atom is -0.364 e. The summed E-state index contributed by atoms with van der Waals surface area (Å²) in [4.78, 5) is 15.4. The van der Waals surface area contributed by atoms with Crippen molar-refractivity contribution in [2.75, 3.05) is 5.32 Å². The molecule has 0 saturated carbocycles. The third kappa shape index (κ3) is 2.40. The number of amides is 1. The molecule has 2 aromatic rings. The average molecular weight is 303 g/mol. The number of halogens is 2. The van der Waals surface area contributed by atoms with Gasteiger partial charge in [0.1, 0.15) is 11.4 Å². The van der Waals surface area contributed by atoms with Crippen molar-refractivity contribution in [3.8, 4) is 0 Å². The Balaban J connectivity index is 2.15. The molecule has 0 saturated heterocycles. The number of rotatable bonds is 2. The zero-order valence-corrected chi connectivity index (χ0v) is 10.1. The van der Waals surface area contributed by atoms with Gasteiger partial charge in [0.15, 0.2) is 5.69 Å². The predicted octanol–water partition coefficient (Wildman–Crippen LogP) is 2.74. The highest BCUT2D eigenvalue weighted by molar-refractivity contribution is 9.10. The third-order valence-corrected chi connectivity index (χ3v) is 2.86. The second kappa shape index (κ2) is 4.63. The molecule has 16 heavy (non-hydrogen) atoms. The Kier molecular flexibility index (Phi) is 3.21. The number of pyridine rings is 1. The van der Waals surface area contributed by atoms with Crippen molar-refractivity contribution in [3.05, 3.63) is 39.9 Å². The van der Waals surface area contributed by atoms with E-state index in [4.69, 9.17) is 11.6 Å². The van der Waals surface area contributed by atoms with E-state index in [1.54, 1.807) is 6.07 Å². The third-order valence-electron chi connectivity index (χ3n) is 1.72. The summed E-state index contributed by atoms with van der Waals surface area (Å²) < 4.78 is 5.16. The van der Waals surface area contributed by atoms with Crippen molar-refractivity contribution in [1.82, 2.24) is 10.1 Å². The first-order chi connectivity index (χ1) is 7.66. The highest BCUT2D eigenvalue weighted by Gasteiger charge is 2.10. The highest BCUT2D eigenvalue weighted by Crippen LogP contribution is 2.22. The topological polar surface area (TPSA) is 68.0 Å². The Bertz CT molecular complexity index is 515. The van der Waals surface area contributed by atoms with E-state index in [0.29, 0.717) is 15.3 Å². The van der Waals surface area contributed by atoms with E-state index in [2.05, 4.69) is 35.9 Å². The monoisotopic (exact) mass is 301 g/mol. The lowest BCUT2D eigenvalue weighted by molar-refractivity contribution is 0.101. The summed E-state index contributed by atoms with van der Waals surface area (Å²) in [5.74, 6) is -0.371. The highest BCUT2D eigenvalue weighted by atomic mass is 79.9. The van der Waals surface area contributed by atoms with E-state index >= 15 is 0 Å². The fraction of sp³-hybridized carbons (Fsp3) is 0. The molecule has 0 radical (unpaired) electrons. The van der Waals surface area contributed by atoms with E-state index in [-0.39, 0.29) is 11.6 Å². The molecule has 0 aliphatic carbocycles. The van der Waals surface area contributed by atoms with E-state index < -0.39 is 0 Å². The molecule has 1 amide bonds. The van der Waals surface area contributed by atoms with Gasteiger partial charge in [-0.05, 0) is 22.0 Å². The molecule has 2 aromatic heterocycles. The molecule has 0 atom stereocenters. The van der Waals surface area contributed by atoms with Crippen LogP contribution in [0.2, 0.25) is 5.15 Å². The molecule has 0 aliphatic rings. The van der Waals surface area contributed by atoms with Crippen LogP contribution in [0, 0.1) is 0 Å². The Morgan fingerprint density at radius 3 is 3.00 bits per heavy atom. The van der Waals surface area contributed by atoms with Crippen LogP contribution in [0.15, 0.2) is 33.6 Å². The molecule has 0 fully saturated rings. The maximum atomic E-state index is 11.6. The molecule has 2 rings (SSSR count). The van der Waals surface area contributed by atoms with Gasteiger partial charge in [-0.25, -0.2) is 4.98 Å². The number of hydrogen-bond acceptors (Lipinski definition) is 4. The summed E-state index contributed by atoms with van der Waals surface area (Å²) in [6.07, 6.45) is 2.77. The Hall–Kier alpha value is -1.40. The van der Waals surface area contributed by atoms with Crippen molar-refractivity contribution < 1.29 is 9.32 Å². The van der Waals surface area contributed by atoms with Gasteiger partial charge in [-0.2, -0.15) is 0 Å². The predicted molar refractivity (Wildman–Crippen MR) is 61.4 cm³/mol. The number of hydrogen-bond donors (Lipinski definition) is 1. The van der Waals surface area contributed by atoms with Crippen LogP contribution in [0.4, 0.5) is 5.69 Å². The van der Waals surface area contributed by atoms with Crippen molar-refractivity contribution in [2.24, 2.45) is 0 Å². The Labute approximate surface area is 104 Å². The molecule has 0 bridgehead atoms. The molecule has 0 aromatic carbocycles. The Morgan fingerprint density at radius 1 is 1.56 bits per heavy atom. The first kappa shape index (κ1) is 11.1. The van der Waals surface area contributed by atoms with Gasteiger partial charge >= 0.3 is 0 Å². The number of aromatic nitrogens is 2. The standard InChI is InChI=1S/C9H5BrClN3O2/c10-6-3-5(4-12-8(6)11)13-9(15)7-1-2-16-14-7/h1-4H,(H,13,15). The fourth-order valence-corrected chi connectivity index (χ4v) is 1.47. The number of anilines is 1. The first-order valence-electron chi connectivity index (χ1n) is 4.19. The van der Waals surface area contributed by atoms with Gasteiger partial charge in [-0.3, -0.25) is 4.79 Å². The summed E-state index contributed by atoms with van der Waals surface area (Å²) in [6, 6.07) is 3.11. The van der Waals surface area contributed by atoms with Crippen LogP contribution in [-0.4, -0.2) is 16.0 Å². The van der Waals surface area contributed by atoms with Crippen molar-refractivity contribution in [2.45, 2.75) is 0 Å². The zero-order chi connectivity index (χ0) is 11.5. The Morgan fingerprint density at radius 2 is 2.38 bits per heavy atom. The van der Waals surface area contributed by atoms with Crippen LogP contribution in [0.5, 0.6) is 0 Å². The summed E-state index contributed by atoms with van der Waals surface area (Å²) in [7, 11) is 0. The van der Waals surface area contributed by atoms with Crippen molar-refractivity contribution in [3.63, 3.8) is 0 Å². The van der Waals surface area contributed by atoms with Gasteiger partial charge in [-0.1, -0.05) is 16.8 Å². The maximum absolute atomic E-state index is 11.6. The van der Waals surface area contributed by atoms with Gasteiger partial charge in [0.25, 0.3) is 5.91 Å². The number of nitrogens with zero attached hydrogens (tertiary/aromatic N) is 2.